The molecule has 2 aromatic heterocycles. The highest BCUT2D eigenvalue weighted by Gasteiger charge is 2.11. The summed E-state index contributed by atoms with van der Waals surface area (Å²) < 4.78 is 4.01. The fourth-order valence-corrected chi connectivity index (χ4v) is 2.63. The molecule has 104 valence electrons. The molecule has 2 heterocycles. The smallest absolute Gasteiger partial charge is 0.146 e. The van der Waals surface area contributed by atoms with Gasteiger partial charge in [0.2, 0.25) is 0 Å². The van der Waals surface area contributed by atoms with E-state index in [0.29, 0.717) is 13.1 Å². The summed E-state index contributed by atoms with van der Waals surface area (Å²) in [6.45, 7) is 4.02. The van der Waals surface area contributed by atoms with Gasteiger partial charge in [0.1, 0.15) is 12.2 Å². The van der Waals surface area contributed by atoms with Crippen LogP contribution in [-0.4, -0.2) is 19.3 Å². The van der Waals surface area contributed by atoms with Crippen molar-refractivity contribution in [3.05, 3.63) is 47.1 Å². The van der Waals surface area contributed by atoms with Crippen LogP contribution in [0.3, 0.4) is 0 Å². The molecule has 1 aromatic carbocycles. The van der Waals surface area contributed by atoms with E-state index in [1.807, 2.05) is 29.8 Å². The minimum Gasteiger partial charge on any atom is -0.339 e. The van der Waals surface area contributed by atoms with Gasteiger partial charge in [0.25, 0.3) is 0 Å². The number of aryl methyl sites for hydroxylation is 1. The molecule has 20 heavy (non-hydrogen) atoms. The van der Waals surface area contributed by atoms with Crippen LogP contribution in [-0.2, 0) is 19.6 Å². The van der Waals surface area contributed by atoms with Crippen molar-refractivity contribution in [3.8, 4) is 0 Å². The van der Waals surface area contributed by atoms with Crippen molar-refractivity contribution < 1.29 is 0 Å². The number of aromatic nitrogens is 4. The van der Waals surface area contributed by atoms with Crippen LogP contribution in [0.5, 0.6) is 0 Å². The molecule has 0 radical (unpaired) electrons. The third-order valence-corrected chi connectivity index (χ3v) is 3.69. The van der Waals surface area contributed by atoms with E-state index in [9.17, 15) is 0 Å². The minimum absolute atomic E-state index is 0.506. The summed E-state index contributed by atoms with van der Waals surface area (Å²) in [6, 6.07) is 5.87. The number of fused-ring (bicyclic) bond motifs is 1. The van der Waals surface area contributed by atoms with Gasteiger partial charge in [-0.2, -0.15) is 5.10 Å². The Morgan fingerprint density at radius 2 is 2.20 bits per heavy atom. The Bertz CT molecular complexity index is 743. The molecule has 6 heteroatoms. The molecule has 0 aliphatic carbocycles. The summed E-state index contributed by atoms with van der Waals surface area (Å²) in [5.74, 6) is 0.924. The topological polar surface area (TPSA) is 61.7 Å². The lowest BCUT2D eigenvalue weighted by Crippen LogP contribution is -2.08. The fraction of sp³-hybridized carbons (Fsp3) is 0.286. The fourth-order valence-electron chi connectivity index (χ4n) is 2.46. The maximum Gasteiger partial charge on any atom is 0.146 e. The van der Waals surface area contributed by atoms with Gasteiger partial charge in [-0.1, -0.05) is 17.7 Å². The standard InChI is InChI=1S/C14H16ClN5/c1-2-20-14(17-9-18-20)8-19-7-10(6-16)12-4-3-11(15)5-13(12)19/h3-5,7,9H,2,6,8,16H2,1H3. The number of halogens is 1. The molecule has 3 aromatic rings. The number of nitrogens with two attached hydrogens (primary N) is 1. The van der Waals surface area contributed by atoms with E-state index >= 15 is 0 Å². The van der Waals surface area contributed by atoms with Crippen molar-refractivity contribution >= 4 is 22.5 Å². The summed E-state index contributed by atoms with van der Waals surface area (Å²) in [5.41, 5.74) is 8.00. The Morgan fingerprint density at radius 1 is 1.35 bits per heavy atom. The van der Waals surface area contributed by atoms with E-state index in [0.717, 1.165) is 33.9 Å². The first-order valence-electron chi connectivity index (χ1n) is 6.57. The Kier molecular flexibility index (Phi) is 3.46. The maximum atomic E-state index is 6.11. The molecule has 0 spiro atoms. The van der Waals surface area contributed by atoms with Gasteiger partial charge in [-0.25, -0.2) is 9.67 Å². The van der Waals surface area contributed by atoms with E-state index in [2.05, 4.69) is 20.8 Å². The van der Waals surface area contributed by atoms with Gasteiger partial charge in [0, 0.05) is 29.7 Å². The lowest BCUT2D eigenvalue weighted by Gasteiger charge is -2.06. The monoisotopic (exact) mass is 289 g/mol. The average Bonchev–Trinajstić information content (AvgIpc) is 3.03. The van der Waals surface area contributed by atoms with Crippen molar-refractivity contribution in [1.29, 1.82) is 0 Å². The van der Waals surface area contributed by atoms with Crippen LogP contribution in [0, 0.1) is 0 Å². The van der Waals surface area contributed by atoms with Crippen LogP contribution in [0.2, 0.25) is 5.02 Å². The van der Waals surface area contributed by atoms with Gasteiger partial charge in [0.05, 0.1) is 12.1 Å². The predicted octanol–water partition coefficient (Wildman–Crippen LogP) is 2.41. The first kappa shape index (κ1) is 13.1. The molecule has 3 rings (SSSR count). The van der Waals surface area contributed by atoms with Crippen LogP contribution in [0.15, 0.2) is 30.7 Å². The minimum atomic E-state index is 0.506. The second-order valence-electron chi connectivity index (χ2n) is 4.64. The molecule has 0 saturated heterocycles. The van der Waals surface area contributed by atoms with Crippen molar-refractivity contribution in [2.75, 3.05) is 0 Å². The summed E-state index contributed by atoms with van der Waals surface area (Å²) in [6.07, 6.45) is 3.65. The van der Waals surface area contributed by atoms with Crippen molar-refractivity contribution in [2.24, 2.45) is 5.73 Å². The van der Waals surface area contributed by atoms with Gasteiger partial charge in [-0.3, -0.25) is 0 Å². The van der Waals surface area contributed by atoms with E-state index in [1.165, 1.54) is 0 Å². The molecule has 0 aliphatic heterocycles. The molecule has 2 N–H and O–H groups in total. The quantitative estimate of drug-likeness (QED) is 0.802. The van der Waals surface area contributed by atoms with Gasteiger partial charge in [-0.15, -0.1) is 0 Å². The largest absolute Gasteiger partial charge is 0.339 e. The normalized spacial score (nSPS) is 11.3. The summed E-state index contributed by atoms with van der Waals surface area (Å²) in [7, 11) is 0. The molecule has 0 bridgehead atoms. The first-order valence-corrected chi connectivity index (χ1v) is 6.94. The second kappa shape index (κ2) is 5.26. The average molecular weight is 290 g/mol. The highest BCUT2D eigenvalue weighted by Crippen LogP contribution is 2.25. The molecule has 0 aliphatic rings. The van der Waals surface area contributed by atoms with Gasteiger partial charge < -0.3 is 10.3 Å². The zero-order valence-corrected chi connectivity index (χ0v) is 12.0. The van der Waals surface area contributed by atoms with E-state index in [1.54, 1.807) is 6.33 Å². The zero-order chi connectivity index (χ0) is 14.1. The molecular weight excluding hydrogens is 274 g/mol. The Morgan fingerprint density at radius 3 is 2.95 bits per heavy atom. The summed E-state index contributed by atoms with van der Waals surface area (Å²) in [4.78, 5) is 4.31. The molecular formula is C14H16ClN5. The van der Waals surface area contributed by atoms with Gasteiger partial charge in [-0.05, 0) is 24.6 Å². The Hall–Kier alpha value is -1.85. The number of hydrogen-bond donors (Lipinski definition) is 1. The molecule has 0 fully saturated rings. The highest BCUT2D eigenvalue weighted by molar-refractivity contribution is 6.31. The van der Waals surface area contributed by atoms with Crippen LogP contribution in [0.4, 0.5) is 0 Å². The van der Waals surface area contributed by atoms with Gasteiger partial charge in [0.15, 0.2) is 0 Å². The first-order chi connectivity index (χ1) is 9.72. The highest BCUT2D eigenvalue weighted by atomic mass is 35.5. The number of rotatable bonds is 4. The third kappa shape index (κ3) is 2.19. The van der Waals surface area contributed by atoms with Crippen molar-refractivity contribution in [2.45, 2.75) is 26.6 Å². The number of benzene rings is 1. The van der Waals surface area contributed by atoms with Crippen molar-refractivity contribution in [3.63, 3.8) is 0 Å². The Balaban J connectivity index is 2.09. The molecule has 0 atom stereocenters. The van der Waals surface area contributed by atoms with Crippen LogP contribution >= 0.6 is 11.6 Å². The predicted molar refractivity (Wildman–Crippen MR) is 79.6 cm³/mol. The number of hydrogen-bond acceptors (Lipinski definition) is 3. The van der Waals surface area contributed by atoms with Gasteiger partial charge >= 0.3 is 0 Å². The van der Waals surface area contributed by atoms with E-state index < -0.39 is 0 Å². The lowest BCUT2D eigenvalue weighted by molar-refractivity contribution is 0.597. The zero-order valence-electron chi connectivity index (χ0n) is 11.3. The van der Waals surface area contributed by atoms with Crippen LogP contribution in [0.25, 0.3) is 10.9 Å². The summed E-state index contributed by atoms with van der Waals surface area (Å²) >= 11 is 6.11. The van der Waals surface area contributed by atoms with E-state index in [-0.39, 0.29) is 0 Å². The lowest BCUT2D eigenvalue weighted by atomic mass is 10.2. The van der Waals surface area contributed by atoms with E-state index in [4.69, 9.17) is 17.3 Å². The molecule has 0 amide bonds. The van der Waals surface area contributed by atoms with Crippen LogP contribution in [0.1, 0.15) is 18.3 Å². The number of nitrogens with zero attached hydrogens (tertiary/aromatic N) is 4. The summed E-state index contributed by atoms with van der Waals surface area (Å²) in [5, 5.41) is 6.06. The van der Waals surface area contributed by atoms with Crippen LogP contribution < -0.4 is 5.73 Å². The Labute approximate surface area is 122 Å². The third-order valence-electron chi connectivity index (χ3n) is 3.45. The molecule has 0 saturated carbocycles. The second-order valence-corrected chi connectivity index (χ2v) is 5.08. The molecule has 5 nitrogen and oxygen atoms in total. The SMILES string of the molecule is CCn1ncnc1Cn1cc(CN)c2ccc(Cl)cc21. The maximum absolute atomic E-state index is 6.11. The van der Waals surface area contributed by atoms with Crippen molar-refractivity contribution in [1.82, 2.24) is 19.3 Å². The molecule has 0 unspecified atom stereocenters.